The van der Waals surface area contributed by atoms with Gasteiger partial charge in [0.2, 0.25) is 0 Å². The van der Waals surface area contributed by atoms with E-state index in [1.807, 2.05) is 0 Å². The van der Waals surface area contributed by atoms with Gasteiger partial charge in [-0.1, -0.05) is 121 Å². The maximum atomic E-state index is 10.7. The van der Waals surface area contributed by atoms with Gasteiger partial charge in [0, 0.05) is 124 Å². The largest absolute Gasteiger partial charge is 2.00 e. The Morgan fingerprint density at radius 2 is 0.418 bits per heavy atom. The van der Waals surface area contributed by atoms with Crippen molar-refractivity contribution in [2.24, 2.45) is 10.8 Å². The van der Waals surface area contributed by atoms with Gasteiger partial charge in [-0.05, 0) is 62.2 Å². The first-order chi connectivity index (χ1) is 28.8. The van der Waals surface area contributed by atoms with Crippen molar-refractivity contribution in [3.63, 3.8) is 0 Å². The summed E-state index contributed by atoms with van der Waals surface area (Å²) in [5.41, 5.74) is -2.91. The zero-order chi connectivity index (χ0) is 46.6. The molecule has 0 aliphatic carbocycles. The standard InChI is InChI=1S/2C16H36N.2C8H13O5.13O.6V/c2*1-5-9-13-17(14-10-6-2,15-11-7-3)16-12-8-4;2*1-2-7(12)13-6-8(3-9,4-10)5-11;;;;;;;;;;;;;;;;;;;/h2*5-16H2,1-4H3;2*2-6H2,1H3;;;;;;;;;;;;;;;;;;;/q2*+1;2*-3;13*-2;;;;;;. The second-order valence-corrected chi connectivity index (χ2v) is 17.2. The summed E-state index contributed by atoms with van der Waals surface area (Å²) in [7, 11) is 0. The van der Waals surface area contributed by atoms with E-state index in [1.165, 1.54) is 164 Å². The molecule has 498 valence electrons. The molecule has 0 saturated heterocycles. The van der Waals surface area contributed by atoms with Gasteiger partial charge in [0.15, 0.2) is 0 Å². The SMILES string of the molecule is CCC(=O)OCC(C[O-])(C[O-])C[O-].CCC(=O)OCC(C[O-])(C[O-])C[O-].CCCC[N+](CCCC)(CCCC)CCCC.CCCC[N+](CCCC)(CCCC)CCCC.[O-2].[O-2].[O-2].[O-2].[O-2].[O-2].[O-2].[O-2].[O-2].[O-2].[O-2].[O-2].[O-2].[V].[V].[V].[V].[V].[V]. The van der Waals surface area contributed by atoms with Gasteiger partial charge in [-0.2, -0.15) is 0 Å². The van der Waals surface area contributed by atoms with E-state index < -0.39 is 62.4 Å². The minimum Gasteiger partial charge on any atom is -2.00 e. The molecule has 0 rings (SSSR count). The minimum atomic E-state index is -1.45. The summed E-state index contributed by atoms with van der Waals surface area (Å²) in [5.74, 6) is -1.00. The second-order valence-electron chi connectivity index (χ2n) is 17.2. The topological polar surface area (TPSA) is 561 Å². The number of carbonyl (C=O) groups is 2. The predicted molar refractivity (Wildman–Crippen MR) is 244 cm³/mol. The summed E-state index contributed by atoms with van der Waals surface area (Å²) in [6, 6.07) is 0. The number of ether oxygens (including phenoxy) is 2. The van der Waals surface area contributed by atoms with E-state index in [0.29, 0.717) is 0 Å². The van der Waals surface area contributed by atoms with Crippen molar-refractivity contribution in [3.05, 3.63) is 0 Å². The molecule has 0 N–H and O–H groups in total. The molecule has 0 aliphatic heterocycles. The number of carbonyl (C=O) groups excluding carboxylic acids is 2. The molecule has 25 nitrogen and oxygen atoms in total. The van der Waals surface area contributed by atoms with Crippen LogP contribution >= 0.6 is 0 Å². The zero-order valence-electron chi connectivity index (χ0n) is 49.0. The zero-order valence-corrected chi connectivity index (χ0v) is 57.4. The Kier molecular flexibility index (Phi) is 210. The van der Waals surface area contributed by atoms with Crippen molar-refractivity contribution < 1.29 is 241 Å². The van der Waals surface area contributed by atoms with Crippen LogP contribution in [0.2, 0.25) is 0 Å². The Bertz CT molecular complexity index is 809. The van der Waals surface area contributed by atoms with Crippen LogP contribution in [0.5, 0.6) is 0 Å². The van der Waals surface area contributed by atoms with Crippen LogP contribution in [0.3, 0.4) is 0 Å². The molecule has 0 unspecified atom stereocenters. The fraction of sp³-hybridized carbons (Fsp3) is 0.958. The maximum absolute atomic E-state index is 10.7. The van der Waals surface area contributed by atoms with Crippen LogP contribution in [-0.2, 0) is 202 Å². The minimum absolute atomic E-state index is 0. The van der Waals surface area contributed by atoms with Crippen molar-refractivity contribution in [1.82, 2.24) is 0 Å². The summed E-state index contributed by atoms with van der Waals surface area (Å²) >= 11 is 0. The van der Waals surface area contributed by atoms with Crippen LogP contribution in [0.25, 0.3) is 0 Å². The quantitative estimate of drug-likeness (QED) is 0.0651. The third-order valence-corrected chi connectivity index (χ3v) is 11.4. The molecule has 6 radical (unpaired) electrons. The average Bonchev–Trinajstić information content (AvgIpc) is 3.29. The molecule has 0 aromatic heterocycles. The number of hydrogen-bond donors (Lipinski definition) is 0. The average molecular weight is 1380 g/mol. The molecule has 0 bridgehead atoms. The molecule has 79 heavy (non-hydrogen) atoms. The second kappa shape index (κ2) is 108. The fourth-order valence-corrected chi connectivity index (χ4v) is 6.46. The van der Waals surface area contributed by atoms with Gasteiger partial charge < -0.3 is 120 Å². The van der Waals surface area contributed by atoms with Crippen molar-refractivity contribution in [2.75, 3.05) is 105 Å². The fourth-order valence-electron chi connectivity index (χ4n) is 6.46. The Hall–Kier alpha value is 1.61. The molecular formula is C48H98N2O23V6-30. The third-order valence-electron chi connectivity index (χ3n) is 11.4. The number of quaternary nitrogens is 2. The molecule has 31 heteroatoms. The molecule has 0 amide bonds. The van der Waals surface area contributed by atoms with Crippen LogP contribution in [0, 0.1) is 10.8 Å². The summed E-state index contributed by atoms with van der Waals surface area (Å²) in [6.07, 6.45) is 22.5. The molecular weight excluding hydrogens is 1280 g/mol. The smallest absolute Gasteiger partial charge is 0.305 e. The summed E-state index contributed by atoms with van der Waals surface area (Å²) in [4.78, 5) is 21.4. The van der Waals surface area contributed by atoms with Gasteiger partial charge in [-0.15, -0.1) is 39.6 Å². The van der Waals surface area contributed by atoms with Crippen molar-refractivity contribution in [2.45, 2.75) is 185 Å². The summed E-state index contributed by atoms with van der Waals surface area (Å²) in [6.45, 7) is 27.8. The van der Waals surface area contributed by atoms with Gasteiger partial charge in [-0.3, -0.25) is 9.59 Å². The molecule has 0 fully saturated rings. The Balaban J connectivity index is -0.0000000235. The van der Waals surface area contributed by atoms with E-state index in [-0.39, 0.29) is 209 Å². The van der Waals surface area contributed by atoms with Crippen LogP contribution in [-0.4, -0.2) is 126 Å². The number of esters is 2. The monoisotopic (exact) mass is 1380 g/mol. The van der Waals surface area contributed by atoms with Gasteiger partial charge in [-0.25, -0.2) is 0 Å². The first-order valence-electron chi connectivity index (χ1n) is 24.3. The molecule has 0 aliphatic rings. The van der Waals surface area contributed by atoms with Crippen LogP contribution in [0.1, 0.15) is 185 Å². The van der Waals surface area contributed by atoms with Gasteiger partial charge in [0.05, 0.1) is 65.6 Å². The Morgan fingerprint density at radius 3 is 0.506 bits per heavy atom. The maximum Gasteiger partial charge on any atom is 0.305 e. The Labute approximate surface area is 549 Å². The first kappa shape index (κ1) is 154. The van der Waals surface area contributed by atoms with Crippen LogP contribution in [0.4, 0.5) is 0 Å². The van der Waals surface area contributed by atoms with Crippen molar-refractivity contribution in [3.8, 4) is 0 Å². The van der Waals surface area contributed by atoms with Gasteiger partial charge >= 0.3 is 11.9 Å². The molecule has 0 spiro atoms. The normalized spacial score (nSPS) is 8.91. The summed E-state index contributed by atoms with van der Waals surface area (Å²) in [5, 5.41) is 63.1. The van der Waals surface area contributed by atoms with E-state index in [2.05, 4.69) is 64.9 Å². The van der Waals surface area contributed by atoms with E-state index in [1.54, 1.807) is 13.8 Å². The molecule has 0 aromatic carbocycles. The van der Waals surface area contributed by atoms with Crippen LogP contribution < -0.4 is 30.6 Å². The molecule has 0 heterocycles. The van der Waals surface area contributed by atoms with E-state index in [9.17, 15) is 40.2 Å². The number of nitrogens with zero attached hydrogens (tertiary/aromatic N) is 2. The van der Waals surface area contributed by atoms with E-state index >= 15 is 0 Å². The predicted octanol–water partition coefficient (Wildman–Crippen LogP) is 2.46. The van der Waals surface area contributed by atoms with E-state index in [4.69, 9.17) is 0 Å². The first-order valence-corrected chi connectivity index (χ1v) is 24.3. The van der Waals surface area contributed by atoms with Gasteiger partial charge in [0.25, 0.3) is 0 Å². The summed E-state index contributed by atoms with van der Waals surface area (Å²) < 4.78 is 12.0. The van der Waals surface area contributed by atoms with Crippen LogP contribution in [0.15, 0.2) is 0 Å². The van der Waals surface area contributed by atoms with Crippen molar-refractivity contribution in [1.29, 1.82) is 0 Å². The Morgan fingerprint density at radius 1 is 0.291 bits per heavy atom. The number of unbranched alkanes of at least 4 members (excludes halogenated alkanes) is 8. The van der Waals surface area contributed by atoms with Gasteiger partial charge in [0.1, 0.15) is 0 Å². The third kappa shape index (κ3) is 83.9. The molecule has 0 atom stereocenters. The van der Waals surface area contributed by atoms with Crippen molar-refractivity contribution >= 4 is 11.9 Å². The van der Waals surface area contributed by atoms with E-state index in [0.717, 1.165) is 0 Å². The number of hydrogen-bond acceptors (Lipinski definition) is 10. The molecule has 0 aromatic rings. The number of rotatable bonds is 36. The molecule has 0 saturated carbocycles.